The largest absolute Gasteiger partial charge is 0.493 e. The maximum Gasteiger partial charge on any atom is 0.312 e. The highest BCUT2D eigenvalue weighted by molar-refractivity contribution is 6.12. The van der Waals surface area contributed by atoms with Gasteiger partial charge in [0.25, 0.3) is 0 Å². The van der Waals surface area contributed by atoms with Gasteiger partial charge in [0.1, 0.15) is 0 Å². The molecule has 0 saturated heterocycles. The molecule has 1 aromatic rings. The lowest BCUT2D eigenvalue weighted by molar-refractivity contribution is 0.247. The van der Waals surface area contributed by atoms with Crippen LogP contribution in [0.5, 0.6) is 11.5 Å². The maximum atomic E-state index is 10.7. The van der Waals surface area contributed by atoms with Crippen LogP contribution >= 0.6 is 0 Å². The average molecular weight is 265 g/mol. The van der Waals surface area contributed by atoms with E-state index in [1.165, 1.54) is 0 Å². The number of hydrogen-bond acceptors (Lipinski definition) is 3. The van der Waals surface area contributed by atoms with Gasteiger partial charge in [0.05, 0.1) is 24.5 Å². The quantitative estimate of drug-likeness (QED) is 0.747. The third-order valence-corrected chi connectivity index (χ3v) is 2.94. The summed E-state index contributed by atoms with van der Waals surface area (Å²) in [7, 11) is 6.59. The van der Waals surface area contributed by atoms with Gasteiger partial charge >= 0.3 is 6.03 Å². The van der Waals surface area contributed by atoms with Crippen LogP contribution in [0.1, 0.15) is 12.0 Å². The van der Waals surface area contributed by atoms with Crippen molar-refractivity contribution in [2.45, 2.75) is 18.5 Å². The van der Waals surface area contributed by atoms with Crippen LogP contribution in [-0.2, 0) is 6.42 Å². The van der Waals surface area contributed by atoms with Crippen molar-refractivity contribution >= 4 is 16.3 Å². The molecule has 0 heterocycles. The highest BCUT2D eigenvalue weighted by Gasteiger charge is 2.11. The molecular weight excluding hydrogens is 248 g/mol. The summed E-state index contributed by atoms with van der Waals surface area (Å²) in [5, 5.41) is 2.56. The van der Waals surface area contributed by atoms with Crippen LogP contribution in [0.3, 0.4) is 0 Å². The molecule has 2 amide bonds. The van der Waals surface area contributed by atoms with E-state index in [9.17, 15) is 4.79 Å². The molecule has 1 aromatic carbocycles. The lowest BCUT2D eigenvalue weighted by Crippen LogP contribution is -2.39. The molecule has 1 unspecified atom stereocenters. The van der Waals surface area contributed by atoms with Gasteiger partial charge in [0.2, 0.25) is 0 Å². The molecule has 0 aliphatic rings. The third kappa shape index (κ3) is 3.96. The standard InChI is InChI=1S/C12H17N2O3Si/c1-16-9-5-3-4-8(11(9)17-2)6-7-10(18)14-12(13)15/h3-5,10H,6-7H2,1-2H3,(H3,13,14,15). The molecule has 5 nitrogen and oxygen atoms in total. The second-order valence-electron chi connectivity index (χ2n) is 3.75. The number of amides is 2. The molecule has 0 bridgehead atoms. The molecule has 0 aliphatic heterocycles. The van der Waals surface area contributed by atoms with Gasteiger partial charge in [-0.15, -0.1) is 0 Å². The van der Waals surface area contributed by atoms with Crippen LogP contribution in [0.25, 0.3) is 0 Å². The maximum absolute atomic E-state index is 10.7. The second kappa shape index (κ2) is 6.90. The van der Waals surface area contributed by atoms with Crippen LogP contribution in [0, 0.1) is 0 Å². The van der Waals surface area contributed by atoms with Crippen LogP contribution in [-0.4, -0.2) is 36.2 Å². The molecule has 0 saturated carbocycles. The van der Waals surface area contributed by atoms with Gasteiger partial charge in [0, 0.05) is 5.67 Å². The van der Waals surface area contributed by atoms with E-state index < -0.39 is 6.03 Å². The van der Waals surface area contributed by atoms with E-state index in [0.29, 0.717) is 12.2 Å². The number of nitrogens with two attached hydrogens (primary N) is 1. The molecule has 1 atom stereocenters. The van der Waals surface area contributed by atoms with Crippen LogP contribution < -0.4 is 20.5 Å². The summed E-state index contributed by atoms with van der Waals surface area (Å²) < 4.78 is 10.5. The van der Waals surface area contributed by atoms with Gasteiger partial charge < -0.3 is 20.5 Å². The minimum absolute atomic E-state index is 0.168. The minimum atomic E-state index is -0.549. The lowest BCUT2D eigenvalue weighted by Gasteiger charge is -2.15. The summed E-state index contributed by atoms with van der Waals surface area (Å²) in [5.41, 5.74) is 5.89. The predicted molar refractivity (Wildman–Crippen MR) is 70.1 cm³/mol. The number of nitrogens with one attached hydrogen (secondary N) is 1. The molecule has 97 valence electrons. The number of hydrogen-bond donors (Lipinski definition) is 2. The van der Waals surface area contributed by atoms with Crippen LogP contribution in [0.4, 0.5) is 4.79 Å². The summed E-state index contributed by atoms with van der Waals surface area (Å²) in [6.07, 6.45) is 1.43. The highest BCUT2D eigenvalue weighted by Crippen LogP contribution is 2.31. The Balaban J connectivity index is 2.69. The first-order chi connectivity index (χ1) is 8.58. The highest BCUT2D eigenvalue weighted by atomic mass is 28.1. The van der Waals surface area contributed by atoms with Crippen molar-refractivity contribution in [1.29, 1.82) is 0 Å². The van der Waals surface area contributed by atoms with Gasteiger partial charge in [-0.05, 0) is 24.5 Å². The zero-order valence-corrected chi connectivity index (χ0v) is 11.5. The first-order valence-electron chi connectivity index (χ1n) is 5.55. The van der Waals surface area contributed by atoms with E-state index in [0.717, 1.165) is 17.7 Å². The first kappa shape index (κ1) is 14.4. The number of urea groups is 1. The zero-order valence-electron chi connectivity index (χ0n) is 10.5. The Labute approximate surface area is 110 Å². The topological polar surface area (TPSA) is 73.6 Å². The Morgan fingerprint density at radius 1 is 1.44 bits per heavy atom. The fraction of sp³-hybridized carbons (Fsp3) is 0.417. The van der Waals surface area contributed by atoms with Crippen molar-refractivity contribution < 1.29 is 14.3 Å². The fourth-order valence-electron chi connectivity index (χ4n) is 1.69. The number of primary amides is 1. The summed E-state index contributed by atoms with van der Waals surface area (Å²) in [6.45, 7) is 0. The van der Waals surface area contributed by atoms with Gasteiger partial charge in [-0.1, -0.05) is 12.1 Å². The Morgan fingerprint density at radius 2 is 2.17 bits per heavy atom. The molecule has 18 heavy (non-hydrogen) atoms. The zero-order chi connectivity index (χ0) is 13.5. The van der Waals surface area contributed by atoms with E-state index in [4.69, 9.17) is 15.2 Å². The van der Waals surface area contributed by atoms with Crippen LogP contribution in [0.15, 0.2) is 18.2 Å². The van der Waals surface area contributed by atoms with E-state index in [2.05, 4.69) is 15.6 Å². The molecule has 0 aliphatic carbocycles. The predicted octanol–water partition coefficient (Wildman–Crippen LogP) is 0.799. The second-order valence-corrected chi connectivity index (χ2v) is 4.45. The number of rotatable bonds is 6. The smallest absolute Gasteiger partial charge is 0.312 e. The molecule has 0 fully saturated rings. The van der Waals surface area contributed by atoms with Crippen molar-refractivity contribution in [2.75, 3.05) is 14.2 Å². The van der Waals surface area contributed by atoms with Crippen molar-refractivity contribution in [3.8, 4) is 11.5 Å². The molecule has 3 N–H and O–H groups in total. The van der Waals surface area contributed by atoms with Crippen molar-refractivity contribution in [2.24, 2.45) is 5.73 Å². The summed E-state index contributed by atoms with van der Waals surface area (Å²) in [4.78, 5) is 10.7. The normalized spacial score (nSPS) is 11.7. The average Bonchev–Trinajstić information content (AvgIpc) is 2.34. The van der Waals surface area contributed by atoms with Crippen molar-refractivity contribution in [3.63, 3.8) is 0 Å². The van der Waals surface area contributed by atoms with Gasteiger partial charge in [-0.2, -0.15) is 0 Å². The summed E-state index contributed by atoms with van der Waals surface area (Å²) in [6, 6.07) is 5.16. The van der Waals surface area contributed by atoms with Gasteiger partial charge in [-0.25, -0.2) is 4.79 Å². The molecule has 3 radical (unpaired) electrons. The van der Waals surface area contributed by atoms with E-state index >= 15 is 0 Å². The number of carbonyl (C=O) groups excluding carboxylic acids is 1. The molecule has 6 heteroatoms. The Bertz CT molecular complexity index is 412. The monoisotopic (exact) mass is 265 g/mol. The number of carbonyl (C=O) groups is 1. The SMILES string of the molecule is COc1cccc(CCC([Si])NC(N)=O)c1OC. The third-order valence-electron chi connectivity index (χ3n) is 2.50. The molecule has 0 spiro atoms. The number of aryl methyl sites for hydroxylation is 1. The summed E-state index contributed by atoms with van der Waals surface area (Å²) >= 11 is 0. The van der Waals surface area contributed by atoms with Crippen LogP contribution in [0.2, 0.25) is 0 Å². The van der Waals surface area contributed by atoms with Gasteiger partial charge in [0.15, 0.2) is 11.5 Å². The van der Waals surface area contributed by atoms with Gasteiger partial charge in [-0.3, -0.25) is 0 Å². The number of benzene rings is 1. The van der Waals surface area contributed by atoms with E-state index in [1.807, 2.05) is 18.2 Å². The number of ether oxygens (including phenoxy) is 2. The number of methoxy groups -OCH3 is 2. The fourth-order valence-corrected chi connectivity index (χ4v) is 1.98. The molecule has 1 rings (SSSR count). The Hall–Kier alpha value is -1.69. The molecule has 0 aromatic heterocycles. The number of para-hydroxylation sites is 1. The molecular formula is C12H17N2O3Si. The van der Waals surface area contributed by atoms with E-state index in [-0.39, 0.29) is 5.67 Å². The first-order valence-corrected chi connectivity index (χ1v) is 6.13. The Morgan fingerprint density at radius 3 is 2.72 bits per heavy atom. The van der Waals surface area contributed by atoms with Crippen molar-refractivity contribution in [3.05, 3.63) is 23.8 Å². The van der Waals surface area contributed by atoms with Crippen molar-refractivity contribution in [1.82, 2.24) is 5.32 Å². The van der Waals surface area contributed by atoms with E-state index in [1.54, 1.807) is 14.2 Å². The minimum Gasteiger partial charge on any atom is -0.493 e. The Kier molecular flexibility index (Phi) is 5.51. The summed E-state index contributed by atoms with van der Waals surface area (Å²) in [5.74, 6) is 1.42. The lowest BCUT2D eigenvalue weighted by atomic mass is 10.1.